The molecule has 4 nitrogen and oxygen atoms in total. The minimum absolute atomic E-state index is 0.593. The maximum Gasteiger partial charge on any atom is 0.163 e. The van der Waals surface area contributed by atoms with Crippen molar-refractivity contribution in [2.75, 3.05) is 49.4 Å². The molecule has 100 valence electrons. The highest BCUT2D eigenvalue weighted by Gasteiger charge is 2.16. The number of nitrogen functional groups attached to an aromatic ring is 1. The molecule has 0 radical (unpaired) electrons. The molecule has 0 fully saturated rings. The van der Waals surface area contributed by atoms with Gasteiger partial charge in [0.15, 0.2) is 11.5 Å². The number of fused-ring (bicyclic) bond motifs is 1. The lowest BCUT2D eigenvalue weighted by Crippen LogP contribution is -2.21. The zero-order valence-electron chi connectivity index (χ0n) is 10.9. The first-order valence-electron chi connectivity index (χ1n) is 6.11. The van der Waals surface area contributed by atoms with Crippen LogP contribution in [0.5, 0.6) is 11.5 Å². The number of rotatable bonds is 5. The lowest BCUT2D eigenvalue weighted by atomic mass is 10.2. The van der Waals surface area contributed by atoms with Gasteiger partial charge in [0.25, 0.3) is 0 Å². The lowest BCUT2D eigenvalue weighted by molar-refractivity contribution is 0.172. The van der Waals surface area contributed by atoms with Crippen molar-refractivity contribution >= 4 is 23.1 Å². The van der Waals surface area contributed by atoms with Crippen molar-refractivity contribution in [3.8, 4) is 11.5 Å². The second-order valence-electron chi connectivity index (χ2n) is 4.32. The molecule has 0 aliphatic carbocycles. The van der Waals surface area contributed by atoms with E-state index in [1.807, 2.05) is 23.9 Å². The van der Waals surface area contributed by atoms with Gasteiger partial charge in [-0.3, -0.25) is 0 Å². The summed E-state index contributed by atoms with van der Waals surface area (Å²) in [6.45, 7) is 2.19. The Morgan fingerprint density at radius 3 is 2.61 bits per heavy atom. The molecule has 0 saturated heterocycles. The van der Waals surface area contributed by atoms with Crippen LogP contribution in [0.4, 0.5) is 11.4 Å². The van der Waals surface area contributed by atoms with Gasteiger partial charge >= 0.3 is 0 Å². The maximum absolute atomic E-state index is 6.07. The van der Waals surface area contributed by atoms with Crippen molar-refractivity contribution in [2.24, 2.45) is 0 Å². The molecular weight excluding hydrogens is 248 g/mol. The second kappa shape index (κ2) is 6.09. The highest BCUT2D eigenvalue weighted by atomic mass is 32.2. The van der Waals surface area contributed by atoms with Crippen LogP contribution in [0.1, 0.15) is 6.42 Å². The Morgan fingerprint density at radius 1 is 1.28 bits per heavy atom. The predicted molar refractivity (Wildman–Crippen MR) is 78.1 cm³/mol. The minimum Gasteiger partial charge on any atom is -0.486 e. The topological polar surface area (TPSA) is 47.7 Å². The molecule has 2 N–H and O–H groups in total. The van der Waals surface area contributed by atoms with Gasteiger partial charge in [-0.15, -0.1) is 0 Å². The Morgan fingerprint density at radius 2 is 1.94 bits per heavy atom. The maximum atomic E-state index is 6.07. The zero-order chi connectivity index (χ0) is 13.0. The van der Waals surface area contributed by atoms with Crippen LogP contribution < -0.4 is 20.1 Å². The van der Waals surface area contributed by atoms with Gasteiger partial charge in [-0.05, 0) is 18.4 Å². The average Bonchev–Trinajstić information content (AvgIpc) is 2.38. The molecule has 0 spiro atoms. The Kier molecular flexibility index (Phi) is 4.47. The fraction of sp³-hybridized carbons (Fsp3) is 0.538. The molecule has 0 bridgehead atoms. The van der Waals surface area contributed by atoms with E-state index >= 15 is 0 Å². The molecule has 0 saturated carbocycles. The van der Waals surface area contributed by atoms with Gasteiger partial charge < -0.3 is 20.1 Å². The molecule has 0 unspecified atom stereocenters. The number of nitrogens with zero attached hydrogens (tertiary/aromatic N) is 1. The third-order valence-electron chi connectivity index (χ3n) is 2.94. The summed E-state index contributed by atoms with van der Waals surface area (Å²) in [5.74, 6) is 2.71. The molecule has 18 heavy (non-hydrogen) atoms. The summed E-state index contributed by atoms with van der Waals surface area (Å²) >= 11 is 1.86. The number of ether oxygens (including phenoxy) is 2. The van der Waals surface area contributed by atoms with Gasteiger partial charge in [0.1, 0.15) is 13.2 Å². The van der Waals surface area contributed by atoms with E-state index < -0.39 is 0 Å². The molecule has 5 heteroatoms. The fourth-order valence-corrected chi connectivity index (χ4v) is 2.41. The van der Waals surface area contributed by atoms with Crippen LogP contribution in [-0.2, 0) is 0 Å². The zero-order valence-corrected chi connectivity index (χ0v) is 11.8. The quantitative estimate of drug-likeness (QED) is 0.655. The van der Waals surface area contributed by atoms with E-state index in [9.17, 15) is 0 Å². The molecule has 0 atom stereocenters. The minimum atomic E-state index is 0.593. The first kappa shape index (κ1) is 13.2. The number of thioether (sulfide) groups is 1. The van der Waals surface area contributed by atoms with Gasteiger partial charge in [-0.1, -0.05) is 0 Å². The van der Waals surface area contributed by atoms with Crippen LogP contribution in [0.15, 0.2) is 12.1 Å². The molecule has 0 amide bonds. The summed E-state index contributed by atoms with van der Waals surface area (Å²) in [4.78, 5) is 2.17. The Labute approximate surface area is 112 Å². The highest BCUT2D eigenvalue weighted by Crippen LogP contribution is 2.38. The smallest absolute Gasteiger partial charge is 0.163 e. The molecule has 1 aromatic rings. The third-order valence-corrected chi connectivity index (χ3v) is 3.64. The molecule has 2 rings (SSSR count). The van der Waals surface area contributed by atoms with Crippen LogP contribution in [0, 0.1) is 0 Å². The average molecular weight is 268 g/mol. The number of hydrogen-bond acceptors (Lipinski definition) is 5. The van der Waals surface area contributed by atoms with E-state index in [0.717, 1.165) is 41.6 Å². The van der Waals surface area contributed by atoms with Crippen molar-refractivity contribution in [1.82, 2.24) is 0 Å². The van der Waals surface area contributed by atoms with Gasteiger partial charge in [0.2, 0.25) is 0 Å². The van der Waals surface area contributed by atoms with Crippen molar-refractivity contribution in [1.29, 1.82) is 0 Å². The molecule has 1 aliphatic rings. The number of hydrogen-bond donors (Lipinski definition) is 1. The first-order chi connectivity index (χ1) is 8.72. The molecule has 0 aromatic heterocycles. The third kappa shape index (κ3) is 2.96. The van der Waals surface area contributed by atoms with Crippen LogP contribution in [0.25, 0.3) is 0 Å². The largest absolute Gasteiger partial charge is 0.486 e. The molecule has 1 aromatic carbocycles. The van der Waals surface area contributed by atoms with Crippen molar-refractivity contribution in [2.45, 2.75) is 6.42 Å². The summed E-state index contributed by atoms with van der Waals surface area (Å²) in [5, 5.41) is 0. The molecular formula is C13H20N2O2S. The van der Waals surface area contributed by atoms with Crippen LogP contribution in [0.3, 0.4) is 0 Å². The van der Waals surface area contributed by atoms with Gasteiger partial charge in [-0.25, -0.2) is 0 Å². The normalized spacial score (nSPS) is 13.4. The molecule has 1 heterocycles. The van der Waals surface area contributed by atoms with Gasteiger partial charge in [-0.2, -0.15) is 11.8 Å². The van der Waals surface area contributed by atoms with Crippen LogP contribution in [-0.4, -0.2) is 38.8 Å². The molecule has 1 aliphatic heterocycles. The van der Waals surface area contributed by atoms with E-state index in [0.29, 0.717) is 13.2 Å². The van der Waals surface area contributed by atoms with Crippen LogP contribution in [0.2, 0.25) is 0 Å². The summed E-state index contributed by atoms with van der Waals surface area (Å²) in [7, 11) is 2.06. The van der Waals surface area contributed by atoms with Gasteiger partial charge in [0.05, 0.1) is 11.4 Å². The lowest BCUT2D eigenvalue weighted by Gasteiger charge is -2.25. The number of anilines is 2. The van der Waals surface area contributed by atoms with E-state index in [4.69, 9.17) is 15.2 Å². The van der Waals surface area contributed by atoms with Crippen molar-refractivity contribution in [3.05, 3.63) is 12.1 Å². The Balaban J connectivity index is 2.12. The number of nitrogens with two attached hydrogens (primary N) is 1. The Hall–Kier alpha value is -1.23. The Bertz CT molecular complexity index is 412. The SMILES string of the molecule is CSCCCN(C)c1cc2c(cc1N)OCCO2. The summed E-state index contributed by atoms with van der Waals surface area (Å²) in [6, 6.07) is 3.83. The summed E-state index contributed by atoms with van der Waals surface area (Å²) in [6.07, 6.45) is 3.27. The summed E-state index contributed by atoms with van der Waals surface area (Å²) < 4.78 is 11.1. The first-order valence-corrected chi connectivity index (χ1v) is 7.51. The monoisotopic (exact) mass is 268 g/mol. The van der Waals surface area contributed by atoms with Crippen LogP contribution >= 0.6 is 11.8 Å². The van der Waals surface area contributed by atoms with E-state index in [1.165, 1.54) is 0 Å². The van der Waals surface area contributed by atoms with Crippen molar-refractivity contribution in [3.63, 3.8) is 0 Å². The van der Waals surface area contributed by atoms with E-state index in [1.54, 1.807) is 0 Å². The number of benzene rings is 1. The van der Waals surface area contributed by atoms with Gasteiger partial charge in [0, 0.05) is 25.7 Å². The summed E-state index contributed by atoms with van der Waals surface area (Å²) in [5.41, 5.74) is 7.82. The fourth-order valence-electron chi connectivity index (χ4n) is 1.99. The second-order valence-corrected chi connectivity index (χ2v) is 5.31. The van der Waals surface area contributed by atoms with E-state index in [2.05, 4.69) is 18.2 Å². The standard InChI is InChI=1S/C13H20N2O2S/c1-15(4-3-7-18-2)11-9-13-12(8-10(11)14)16-5-6-17-13/h8-9H,3-7,14H2,1-2H3. The highest BCUT2D eigenvalue weighted by molar-refractivity contribution is 7.98. The van der Waals surface area contributed by atoms with Crippen molar-refractivity contribution < 1.29 is 9.47 Å². The predicted octanol–water partition coefficient (Wildman–Crippen LogP) is 2.23. The van der Waals surface area contributed by atoms with E-state index in [-0.39, 0.29) is 0 Å².